The van der Waals surface area contributed by atoms with Crippen molar-refractivity contribution in [3.63, 3.8) is 0 Å². The van der Waals surface area contributed by atoms with E-state index in [0.717, 1.165) is 42.4 Å². The molecule has 1 aliphatic rings. The van der Waals surface area contributed by atoms with Crippen molar-refractivity contribution in [3.05, 3.63) is 65.2 Å². The Balaban J connectivity index is 1.67. The number of carbonyl (C=O) groups is 2. The molecule has 1 N–H and O–H groups in total. The summed E-state index contributed by atoms with van der Waals surface area (Å²) in [6, 6.07) is 15.7. The second-order valence-corrected chi connectivity index (χ2v) is 8.90. The van der Waals surface area contributed by atoms with Crippen LogP contribution in [0.3, 0.4) is 0 Å². The van der Waals surface area contributed by atoms with E-state index in [4.69, 9.17) is 4.74 Å². The number of aryl methyl sites for hydroxylation is 2. The zero-order valence-corrected chi connectivity index (χ0v) is 19.6. The normalized spacial score (nSPS) is 15.1. The van der Waals surface area contributed by atoms with E-state index < -0.39 is 6.04 Å². The standard InChI is InChI=1S/C27H36N2O3/c1-20-14-15-21(2)25(18-20)32-19-26(30)29(17-16-23-10-6-4-7-11-23)22(3)27(31)28-24-12-8-5-9-13-24/h4,6-7,10-11,14-15,18,22,24H,5,8-9,12-13,16-17,19H2,1-3H3,(H,28,31). The Morgan fingerprint density at radius 1 is 1.06 bits per heavy atom. The van der Waals surface area contributed by atoms with Gasteiger partial charge in [0.1, 0.15) is 11.8 Å². The lowest BCUT2D eigenvalue weighted by Crippen LogP contribution is -2.52. The van der Waals surface area contributed by atoms with E-state index in [1.807, 2.05) is 69.3 Å². The molecule has 32 heavy (non-hydrogen) atoms. The number of amides is 2. The summed E-state index contributed by atoms with van der Waals surface area (Å²) in [5, 5.41) is 3.17. The van der Waals surface area contributed by atoms with Crippen LogP contribution >= 0.6 is 0 Å². The zero-order chi connectivity index (χ0) is 22.9. The predicted molar refractivity (Wildman–Crippen MR) is 128 cm³/mol. The van der Waals surface area contributed by atoms with Crippen molar-refractivity contribution in [2.75, 3.05) is 13.2 Å². The summed E-state index contributed by atoms with van der Waals surface area (Å²) < 4.78 is 5.87. The maximum Gasteiger partial charge on any atom is 0.261 e. The summed E-state index contributed by atoms with van der Waals surface area (Å²) in [5.74, 6) is 0.457. The molecule has 2 aromatic carbocycles. The Morgan fingerprint density at radius 3 is 2.50 bits per heavy atom. The molecule has 1 saturated carbocycles. The maximum absolute atomic E-state index is 13.2. The lowest BCUT2D eigenvalue weighted by molar-refractivity contribution is -0.141. The van der Waals surface area contributed by atoms with Crippen molar-refractivity contribution < 1.29 is 14.3 Å². The van der Waals surface area contributed by atoms with Crippen LogP contribution < -0.4 is 10.1 Å². The first-order chi connectivity index (χ1) is 15.4. The van der Waals surface area contributed by atoms with E-state index >= 15 is 0 Å². The largest absolute Gasteiger partial charge is 0.483 e. The number of hydrogen-bond donors (Lipinski definition) is 1. The van der Waals surface area contributed by atoms with Gasteiger partial charge in [0.15, 0.2) is 6.61 Å². The maximum atomic E-state index is 13.2. The summed E-state index contributed by atoms with van der Waals surface area (Å²) in [5.41, 5.74) is 3.21. The number of nitrogens with one attached hydrogen (secondary N) is 1. The highest BCUT2D eigenvalue weighted by Gasteiger charge is 2.28. The molecule has 2 amide bonds. The van der Waals surface area contributed by atoms with Gasteiger partial charge >= 0.3 is 0 Å². The summed E-state index contributed by atoms with van der Waals surface area (Å²) in [7, 11) is 0. The third-order valence-electron chi connectivity index (χ3n) is 6.30. The van der Waals surface area contributed by atoms with E-state index in [-0.39, 0.29) is 24.5 Å². The first-order valence-electron chi connectivity index (χ1n) is 11.8. The smallest absolute Gasteiger partial charge is 0.261 e. The average molecular weight is 437 g/mol. The molecule has 0 aliphatic heterocycles. The van der Waals surface area contributed by atoms with Crippen molar-refractivity contribution in [1.82, 2.24) is 10.2 Å². The van der Waals surface area contributed by atoms with Crippen LogP contribution in [0.4, 0.5) is 0 Å². The number of nitrogens with zero attached hydrogens (tertiary/aromatic N) is 1. The van der Waals surface area contributed by atoms with E-state index in [1.54, 1.807) is 4.90 Å². The molecule has 0 heterocycles. The number of rotatable bonds is 9. The van der Waals surface area contributed by atoms with Gasteiger partial charge < -0.3 is 15.0 Å². The van der Waals surface area contributed by atoms with E-state index in [2.05, 4.69) is 5.32 Å². The molecule has 5 nitrogen and oxygen atoms in total. The fourth-order valence-corrected chi connectivity index (χ4v) is 4.22. The average Bonchev–Trinajstić information content (AvgIpc) is 2.81. The van der Waals surface area contributed by atoms with Gasteiger partial charge in [-0.25, -0.2) is 0 Å². The van der Waals surface area contributed by atoms with Gasteiger partial charge in [-0.2, -0.15) is 0 Å². The fraction of sp³-hybridized carbons (Fsp3) is 0.481. The minimum absolute atomic E-state index is 0.0787. The molecule has 3 rings (SSSR count). The number of ether oxygens (including phenoxy) is 1. The molecular weight excluding hydrogens is 400 g/mol. The quantitative estimate of drug-likeness (QED) is 0.625. The van der Waals surface area contributed by atoms with Gasteiger partial charge in [-0.1, -0.05) is 61.7 Å². The van der Waals surface area contributed by atoms with E-state index in [0.29, 0.717) is 18.7 Å². The van der Waals surface area contributed by atoms with Crippen LogP contribution in [0.5, 0.6) is 5.75 Å². The monoisotopic (exact) mass is 436 g/mol. The van der Waals surface area contributed by atoms with Crippen molar-refractivity contribution in [2.45, 2.75) is 71.4 Å². The lowest BCUT2D eigenvalue weighted by atomic mass is 9.95. The van der Waals surface area contributed by atoms with E-state index in [1.165, 1.54) is 6.42 Å². The molecule has 5 heteroatoms. The topological polar surface area (TPSA) is 58.6 Å². The number of benzene rings is 2. The molecule has 0 radical (unpaired) electrons. The summed E-state index contributed by atoms with van der Waals surface area (Å²) in [6.07, 6.45) is 6.27. The molecule has 1 atom stereocenters. The highest BCUT2D eigenvalue weighted by atomic mass is 16.5. The number of hydrogen-bond acceptors (Lipinski definition) is 3. The van der Waals surface area contributed by atoms with Crippen LogP contribution in [-0.2, 0) is 16.0 Å². The molecule has 0 saturated heterocycles. The second-order valence-electron chi connectivity index (χ2n) is 8.90. The fourth-order valence-electron chi connectivity index (χ4n) is 4.22. The van der Waals surface area contributed by atoms with Gasteiger partial charge in [0.05, 0.1) is 0 Å². The lowest BCUT2D eigenvalue weighted by Gasteiger charge is -2.31. The van der Waals surface area contributed by atoms with Crippen molar-refractivity contribution >= 4 is 11.8 Å². The summed E-state index contributed by atoms with van der Waals surface area (Å²) >= 11 is 0. The van der Waals surface area contributed by atoms with Gasteiger partial charge in [0, 0.05) is 12.6 Å². The Kier molecular flexibility index (Phi) is 8.72. The van der Waals surface area contributed by atoms with Crippen LogP contribution in [-0.4, -0.2) is 41.9 Å². The Morgan fingerprint density at radius 2 is 1.78 bits per heavy atom. The first kappa shape index (κ1) is 23.8. The number of carbonyl (C=O) groups excluding carboxylic acids is 2. The van der Waals surface area contributed by atoms with Crippen molar-refractivity contribution in [3.8, 4) is 5.75 Å². The first-order valence-corrected chi connectivity index (χ1v) is 11.8. The molecule has 1 aliphatic carbocycles. The summed E-state index contributed by atoms with van der Waals surface area (Å²) in [4.78, 5) is 27.9. The van der Waals surface area contributed by atoms with Gasteiger partial charge in [-0.15, -0.1) is 0 Å². The third kappa shape index (κ3) is 6.84. The van der Waals surface area contributed by atoms with Crippen molar-refractivity contribution in [2.24, 2.45) is 0 Å². The molecule has 1 fully saturated rings. The molecular formula is C27H36N2O3. The second kappa shape index (κ2) is 11.7. The third-order valence-corrected chi connectivity index (χ3v) is 6.30. The zero-order valence-electron chi connectivity index (χ0n) is 19.6. The molecule has 0 bridgehead atoms. The van der Waals surface area contributed by atoms with Crippen LogP contribution in [0.15, 0.2) is 48.5 Å². The van der Waals surface area contributed by atoms with Gasteiger partial charge in [0.2, 0.25) is 5.91 Å². The molecule has 1 unspecified atom stereocenters. The molecule has 0 spiro atoms. The van der Waals surface area contributed by atoms with Crippen molar-refractivity contribution in [1.29, 1.82) is 0 Å². The Hall–Kier alpha value is -2.82. The molecule has 0 aromatic heterocycles. The molecule has 172 valence electrons. The van der Waals surface area contributed by atoms with Crippen LogP contribution in [0, 0.1) is 13.8 Å². The van der Waals surface area contributed by atoms with Gasteiger partial charge in [-0.05, 0) is 62.8 Å². The van der Waals surface area contributed by atoms with Gasteiger partial charge in [0.25, 0.3) is 5.91 Å². The van der Waals surface area contributed by atoms with Crippen LogP contribution in [0.25, 0.3) is 0 Å². The molecule has 2 aromatic rings. The predicted octanol–water partition coefficient (Wildman–Crippen LogP) is 4.59. The Labute approximate surface area is 192 Å². The van der Waals surface area contributed by atoms with E-state index in [9.17, 15) is 9.59 Å². The SMILES string of the molecule is Cc1ccc(C)c(OCC(=O)N(CCc2ccccc2)C(C)C(=O)NC2CCCCC2)c1. The van der Waals surface area contributed by atoms with Crippen LogP contribution in [0.2, 0.25) is 0 Å². The Bertz CT molecular complexity index is 891. The highest BCUT2D eigenvalue weighted by Crippen LogP contribution is 2.20. The summed E-state index contributed by atoms with van der Waals surface area (Å²) in [6.45, 7) is 6.17. The minimum Gasteiger partial charge on any atom is -0.483 e. The minimum atomic E-state index is -0.546. The van der Waals surface area contributed by atoms with Gasteiger partial charge in [-0.3, -0.25) is 9.59 Å². The van der Waals surface area contributed by atoms with Crippen LogP contribution in [0.1, 0.15) is 55.7 Å². The highest BCUT2D eigenvalue weighted by molar-refractivity contribution is 5.88.